The van der Waals surface area contributed by atoms with E-state index in [4.69, 9.17) is 0 Å². The molecule has 3 aromatic rings. The van der Waals surface area contributed by atoms with E-state index in [1.165, 1.54) is 35.6 Å². The van der Waals surface area contributed by atoms with Crippen molar-refractivity contribution >= 4 is 39.5 Å². The zero-order valence-electron chi connectivity index (χ0n) is 19.0. The van der Waals surface area contributed by atoms with Crippen molar-refractivity contribution in [2.75, 3.05) is 17.2 Å². The van der Waals surface area contributed by atoms with Gasteiger partial charge in [0.15, 0.2) is 10.9 Å². The number of non-ortho nitro benzene ring substituents is 1. The van der Waals surface area contributed by atoms with Gasteiger partial charge in [-0.2, -0.15) is 0 Å². The first-order valence-corrected chi connectivity index (χ1v) is 11.4. The van der Waals surface area contributed by atoms with Crippen LogP contribution in [-0.4, -0.2) is 28.1 Å². The summed E-state index contributed by atoms with van der Waals surface area (Å²) in [5.74, 6) is -0.271. The summed E-state index contributed by atoms with van der Waals surface area (Å²) in [6.45, 7) is 8.28. The minimum Gasteiger partial charge on any atom is -0.361 e. The number of benzene rings is 2. The van der Waals surface area contributed by atoms with Crippen LogP contribution in [0.1, 0.15) is 55.3 Å². The Morgan fingerprint density at radius 1 is 1.06 bits per heavy atom. The normalized spacial score (nSPS) is 10.7. The lowest BCUT2D eigenvalue weighted by Crippen LogP contribution is -2.13. The Hall–Kier alpha value is -3.59. The van der Waals surface area contributed by atoms with Gasteiger partial charge in [-0.15, -0.1) is 0 Å². The SMILES string of the molecule is Cc1cc(C)c(NC(=O)c2sc(NCCCC(=O)c3ccc([N+](=O)[O-])cc3)nc2C)c(C)c1. The van der Waals surface area contributed by atoms with Crippen LogP contribution in [0.5, 0.6) is 0 Å². The average Bonchev–Trinajstić information content (AvgIpc) is 3.14. The monoisotopic (exact) mass is 466 g/mol. The molecule has 0 atom stereocenters. The van der Waals surface area contributed by atoms with E-state index in [1.807, 2.05) is 32.9 Å². The maximum Gasteiger partial charge on any atom is 0.269 e. The molecule has 0 saturated carbocycles. The Morgan fingerprint density at radius 3 is 2.30 bits per heavy atom. The van der Waals surface area contributed by atoms with Crippen LogP contribution >= 0.6 is 11.3 Å². The molecule has 2 aromatic carbocycles. The third-order valence-corrected chi connectivity index (χ3v) is 6.29. The van der Waals surface area contributed by atoms with Gasteiger partial charge in [0.25, 0.3) is 11.6 Å². The lowest BCUT2D eigenvalue weighted by atomic mass is 10.1. The fourth-order valence-electron chi connectivity index (χ4n) is 3.59. The second-order valence-electron chi connectivity index (χ2n) is 7.92. The smallest absolute Gasteiger partial charge is 0.269 e. The molecule has 0 bridgehead atoms. The van der Waals surface area contributed by atoms with Crippen LogP contribution in [0, 0.1) is 37.8 Å². The summed E-state index contributed by atoms with van der Waals surface area (Å²) in [6, 6.07) is 9.67. The molecule has 0 radical (unpaired) electrons. The van der Waals surface area contributed by atoms with Crippen LogP contribution < -0.4 is 10.6 Å². The topological polar surface area (TPSA) is 114 Å². The van der Waals surface area contributed by atoms with Crippen molar-refractivity contribution in [2.24, 2.45) is 0 Å². The largest absolute Gasteiger partial charge is 0.361 e. The van der Waals surface area contributed by atoms with Crippen molar-refractivity contribution in [3.05, 3.63) is 79.3 Å². The number of hydrogen-bond acceptors (Lipinski definition) is 7. The van der Waals surface area contributed by atoms with E-state index >= 15 is 0 Å². The van der Waals surface area contributed by atoms with Crippen LogP contribution in [0.3, 0.4) is 0 Å². The van der Waals surface area contributed by atoms with E-state index in [2.05, 4.69) is 15.6 Å². The van der Waals surface area contributed by atoms with Gasteiger partial charge in [-0.3, -0.25) is 19.7 Å². The number of nitro benzene ring substituents is 1. The highest BCUT2D eigenvalue weighted by Gasteiger charge is 2.17. The van der Waals surface area contributed by atoms with E-state index in [9.17, 15) is 19.7 Å². The van der Waals surface area contributed by atoms with Crippen molar-refractivity contribution in [3.63, 3.8) is 0 Å². The minimum atomic E-state index is -0.494. The second kappa shape index (κ2) is 10.4. The summed E-state index contributed by atoms with van der Waals surface area (Å²) in [5.41, 5.74) is 5.04. The van der Waals surface area contributed by atoms with Crippen LogP contribution in [0.25, 0.3) is 0 Å². The number of anilines is 2. The van der Waals surface area contributed by atoms with Crippen LogP contribution in [0.4, 0.5) is 16.5 Å². The number of amides is 1. The maximum atomic E-state index is 12.8. The Kier molecular flexibility index (Phi) is 7.55. The molecule has 1 amide bonds. The Morgan fingerprint density at radius 2 is 1.70 bits per heavy atom. The number of carbonyl (C=O) groups is 2. The summed E-state index contributed by atoms with van der Waals surface area (Å²) in [6.07, 6.45) is 0.867. The summed E-state index contributed by atoms with van der Waals surface area (Å²) < 4.78 is 0. The highest BCUT2D eigenvalue weighted by Crippen LogP contribution is 2.27. The van der Waals surface area contributed by atoms with Crippen molar-refractivity contribution in [2.45, 2.75) is 40.5 Å². The number of carbonyl (C=O) groups excluding carboxylic acids is 2. The Bertz CT molecular complexity index is 1180. The average molecular weight is 467 g/mol. The number of ketones is 1. The van der Waals surface area contributed by atoms with Crippen LogP contribution in [0.15, 0.2) is 36.4 Å². The van der Waals surface area contributed by atoms with Gasteiger partial charge in [0.2, 0.25) is 0 Å². The predicted molar refractivity (Wildman–Crippen MR) is 131 cm³/mol. The fraction of sp³-hybridized carbons (Fsp3) is 0.292. The molecule has 3 rings (SSSR count). The number of aryl methyl sites for hydroxylation is 4. The molecule has 0 unspecified atom stereocenters. The minimum absolute atomic E-state index is 0.0418. The number of hydrogen-bond donors (Lipinski definition) is 2. The zero-order valence-corrected chi connectivity index (χ0v) is 19.8. The highest BCUT2D eigenvalue weighted by atomic mass is 32.1. The molecule has 1 aromatic heterocycles. The Balaban J connectivity index is 1.53. The molecule has 0 aliphatic heterocycles. The third-order valence-electron chi connectivity index (χ3n) is 5.18. The predicted octanol–water partition coefficient (Wildman–Crippen LogP) is 5.61. The summed E-state index contributed by atoms with van der Waals surface area (Å²) in [7, 11) is 0. The van der Waals surface area contributed by atoms with Gasteiger partial charge in [-0.05, 0) is 57.4 Å². The quantitative estimate of drug-likeness (QED) is 0.183. The molecule has 1 heterocycles. The van der Waals surface area contributed by atoms with E-state index < -0.39 is 4.92 Å². The number of aromatic nitrogens is 1. The van der Waals surface area contributed by atoms with Gasteiger partial charge in [-0.25, -0.2) is 4.98 Å². The first-order chi connectivity index (χ1) is 15.7. The van der Waals surface area contributed by atoms with Crippen molar-refractivity contribution in [3.8, 4) is 0 Å². The number of nitro groups is 1. The summed E-state index contributed by atoms with van der Waals surface area (Å²) in [4.78, 5) is 40.3. The van der Waals surface area contributed by atoms with Crippen molar-refractivity contribution < 1.29 is 14.5 Å². The van der Waals surface area contributed by atoms with E-state index in [1.54, 1.807) is 6.92 Å². The molecule has 0 saturated heterocycles. The standard InChI is InChI=1S/C24H26N4O4S/c1-14-12-15(2)21(16(3)13-14)27-23(30)22-17(4)26-24(33-22)25-11-5-6-20(29)18-7-9-19(10-8-18)28(31)32/h7-10,12-13H,5-6,11H2,1-4H3,(H,25,26)(H,27,30). The summed E-state index contributed by atoms with van der Waals surface area (Å²) in [5, 5.41) is 17.5. The first kappa shape index (κ1) is 24.1. The molecular weight excluding hydrogens is 440 g/mol. The zero-order chi connectivity index (χ0) is 24.1. The molecule has 33 heavy (non-hydrogen) atoms. The van der Waals surface area contributed by atoms with Crippen LogP contribution in [-0.2, 0) is 0 Å². The lowest BCUT2D eigenvalue weighted by Gasteiger charge is -2.12. The van der Waals surface area contributed by atoms with Gasteiger partial charge in [0, 0.05) is 36.3 Å². The fourth-order valence-corrected chi connectivity index (χ4v) is 4.48. The molecule has 2 N–H and O–H groups in total. The highest BCUT2D eigenvalue weighted by molar-refractivity contribution is 7.17. The molecule has 172 valence electrons. The van der Waals surface area contributed by atoms with E-state index in [0.717, 1.165) is 22.4 Å². The van der Waals surface area contributed by atoms with Gasteiger partial charge in [0.1, 0.15) is 4.88 Å². The van der Waals surface area contributed by atoms with E-state index in [-0.39, 0.29) is 17.4 Å². The van der Waals surface area contributed by atoms with Crippen LogP contribution in [0.2, 0.25) is 0 Å². The van der Waals surface area contributed by atoms with Gasteiger partial charge in [-0.1, -0.05) is 29.0 Å². The second-order valence-corrected chi connectivity index (χ2v) is 8.92. The molecule has 0 aliphatic rings. The first-order valence-electron chi connectivity index (χ1n) is 10.5. The number of Topliss-reactive ketones (excluding diaryl/α,β-unsaturated/α-hetero) is 1. The molecule has 8 nitrogen and oxygen atoms in total. The van der Waals surface area contributed by atoms with E-state index in [0.29, 0.717) is 40.7 Å². The van der Waals surface area contributed by atoms with Crippen molar-refractivity contribution in [1.82, 2.24) is 4.98 Å². The summed E-state index contributed by atoms with van der Waals surface area (Å²) >= 11 is 1.28. The lowest BCUT2D eigenvalue weighted by molar-refractivity contribution is -0.384. The van der Waals surface area contributed by atoms with Gasteiger partial charge < -0.3 is 10.6 Å². The molecule has 0 aliphatic carbocycles. The molecule has 0 spiro atoms. The third kappa shape index (κ3) is 6.01. The number of thiazole rings is 1. The van der Waals surface area contributed by atoms with Gasteiger partial charge >= 0.3 is 0 Å². The molecule has 0 fully saturated rings. The van der Waals surface area contributed by atoms with Gasteiger partial charge in [0.05, 0.1) is 10.6 Å². The number of nitrogens with zero attached hydrogens (tertiary/aromatic N) is 2. The maximum absolute atomic E-state index is 12.8. The number of nitrogens with one attached hydrogen (secondary N) is 2. The molecular formula is C24H26N4O4S. The molecule has 9 heteroatoms. The number of rotatable bonds is 9. The van der Waals surface area contributed by atoms with Crippen molar-refractivity contribution in [1.29, 1.82) is 0 Å². The Labute approximate surface area is 196 Å².